The fraction of sp³-hybridized carbons (Fsp3) is 0. The van der Waals surface area contributed by atoms with Crippen molar-refractivity contribution < 1.29 is 14.4 Å². The van der Waals surface area contributed by atoms with Crippen molar-refractivity contribution in [1.29, 1.82) is 0 Å². The third-order valence-electron chi connectivity index (χ3n) is 1.51. The number of nitrogens with zero attached hydrogens (tertiary/aromatic N) is 6. The molecule has 0 aliphatic rings. The number of isocyanates is 3. The Hall–Kier alpha value is -3.45. The summed E-state index contributed by atoms with van der Waals surface area (Å²) in [5, 5.41) is 7.98. The van der Waals surface area contributed by atoms with Crippen LogP contribution < -0.4 is 17.1 Å². The fourth-order valence-corrected chi connectivity index (χ4v) is 0.894. The van der Waals surface area contributed by atoms with Gasteiger partial charge in [-0.1, -0.05) is 15.3 Å². The van der Waals surface area contributed by atoms with Gasteiger partial charge in [-0.25, -0.2) is 28.8 Å². The molecule has 0 saturated carbocycles. The van der Waals surface area contributed by atoms with Gasteiger partial charge >= 0.3 is 17.1 Å². The van der Waals surface area contributed by atoms with E-state index in [0.717, 1.165) is 18.2 Å². The first-order valence-corrected chi connectivity index (χ1v) is 3.84. The van der Waals surface area contributed by atoms with Crippen LogP contribution in [0.2, 0.25) is 0 Å². The smallest absolute Gasteiger partial charge is 0.243 e. The Balaban J connectivity index is 4.13. The molecule has 0 radical (unpaired) electrons. The number of hydrogen-bond acceptors (Lipinski definition) is 9. The lowest BCUT2D eigenvalue weighted by Crippen LogP contribution is -2.51. The minimum absolute atomic E-state index is 0.184. The van der Waals surface area contributed by atoms with E-state index in [1.807, 2.05) is 0 Å². The highest BCUT2D eigenvalue weighted by atomic mass is 16.2. The Bertz CT molecular complexity index is 667. The summed E-state index contributed by atoms with van der Waals surface area (Å²) < 4.78 is -0.553. The largest absolute Gasteiger partial charge is 0.380 e. The zero-order chi connectivity index (χ0) is 13.7. The number of rotatable bonds is 3. The first-order chi connectivity index (χ1) is 8.58. The van der Waals surface area contributed by atoms with Crippen LogP contribution in [-0.4, -0.2) is 32.3 Å². The summed E-state index contributed by atoms with van der Waals surface area (Å²) in [5.74, 6) is 0. The van der Waals surface area contributed by atoms with Gasteiger partial charge in [0.15, 0.2) is 0 Å². The maximum Gasteiger partial charge on any atom is 0.380 e. The average Bonchev–Trinajstić information content (AvgIpc) is 2.35. The standard InChI is InChI=1S/C6N6O6/c13-1-7-10-4(16)11(8-2-14)6(18)12(5(10)17)9-3-15. The normalized spacial score (nSPS) is 8.67. The van der Waals surface area contributed by atoms with Crippen molar-refractivity contribution in [2.45, 2.75) is 0 Å². The van der Waals surface area contributed by atoms with E-state index in [1.165, 1.54) is 0 Å². The van der Waals surface area contributed by atoms with Gasteiger partial charge in [0.25, 0.3) is 18.2 Å². The van der Waals surface area contributed by atoms with E-state index in [0.29, 0.717) is 0 Å². The van der Waals surface area contributed by atoms with Crippen molar-refractivity contribution >= 4 is 18.2 Å². The topological polar surface area (TPSA) is 154 Å². The van der Waals surface area contributed by atoms with E-state index in [1.54, 1.807) is 0 Å². The summed E-state index contributed by atoms with van der Waals surface area (Å²) >= 11 is 0. The van der Waals surface area contributed by atoms with Gasteiger partial charge in [0.05, 0.1) is 0 Å². The van der Waals surface area contributed by atoms with Crippen molar-refractivity contribution in [3.63, 3.8) is 0 Å². The maximum atomic E-state index is 11.4. The van der Waals surface area contributed by atoms with Crippen molar-refractivity contribution in [2.24, 2.45) is 15.3 Å². The van der Waals surface area contributed by atoms with Crippen LogP contribution in [0.15, 0.2) is 29.7 Å². The van der Waals surface area contributed by atoms with Crippen molar-refractivity contribution in [2.75, 3.05) is 0 Å². The predicted octanol–water partition coefficient (Wildman–Crippen LogP) is -3.53. The van der Waals surface area contributed by atoms with Crippen LogP contribution in [0.1, 0.15) is 0 Å². The molecule has 12 nitrogen and oxygen atoms in total. The Labute approximate surface area is 94.4 Å². The second-order valence-corrected chi connectivity index (χ2v) is 2.36. The summed E-state index contributed by atoms with van der Waals surface area (Å²) in [6.45, 7) is 0. The van der Waals surface area contributed by atoms with Gasteiger partial charge in [0.1, 0.15) is 0 Å². The van der Waals surface area contributed by atoms with Crippen LogP contribution in [0.4, 0.5) is 0 Å². The van der Waals surface area contributed by atoms with E-state index >= 15 is 0 Å². The number of hydrogen-bond donors (Lipinski definition) is 0. The molecule has 0 aliphatic heterocycles. The third kappa shape index (κ3) is 1.92. The van der Waals surface area contributed by atoms with Crippen LogP contribution in [0.3, 0.4) is 0 Å². The number of aromatic nitrogens is 3. The van der Waals surface area contributed by atoms with Crippen LogP contribution >= 0.6 is 0 Å². The van der Waals surface area contributed by atoms with E-state index in [2.05, 4.69) is 15.3 Å². The molecule has 90 valence electrons. The summed E-state index contributed by atoms with van der Waals surface area (Å²) in [4.78, 5) is 64.1. The van der Waals surface area contributed by atoms with Crippen LogP contribution in [0, 0.1) is 0 Å². The summed E-state index contributed by atoms with van der Waals surface area (Å²) in [5.41, 5.74) is -4.60. The van der Waals surface area contributed by atoms with Gasteiger partial charge in [-0.05, 0) is 0 Å². The molecule has 0 atom stereocenters. The Morgan fingerprint density at radius 1 is 0.611 bits per heavy atom. The van der Waals surface area contributed by atoms with E-state index in [-0.39, 0.29) is 14.0 Å². The second-order valence-electron chi connectivity index (χ2n) is 2.36. The lowest BCUT2D eigenvalue weighted by Gasteiger charge is -1.99. The van der Waals surface area contributed by atoms with Crippen molar-refractivity contribution in [1.82, 2.24) is 14.0 Å². The van der Waals surface area contributed by atoms with Crippen molar-refractivity contribution in [3.8, 4) is 0 Å². The summed E-state index contributed by atoms with van der Waals surface area (Å²) in [6.07, 6.45) is 2.56. The van der Waals surface area contributed by atoms with Gasteiger partial charge in [-0.15, -0.1) is 14.0 Å². The monoisotopic (exact) mass is 252 g/mol. The van der Waals surface area contributed by atoms with Crippen LogP contribution in [0.5, 0.6) is 0 Å². The molecule has 1 rings (SSSR count). The zero-order valence-corrected chi connectivity index (χ0v) is 8.13. The van der Waals surface area contributed by atoms with Crippen LogP contribution in [0.25, 0.3) is 0 Å². The fourth-order valence-electron chi connectivity index (χ4n) is 0.894. The quantitative estimate of drug-likeness (QED) is 0.401. The van der Waals surface area contributed by atoms with Crippen LogP contribution in [-0.2, 0) is 14.4 Å². The lowest BCUT2D eigenvalue weighted by atomic mass is 10.9. The van der Waals surface area contributed by atoms with Crippen molar-refractivity contribution in [3.05, 3.63) is 31.5 Å². The highest BCUT2D eigenvalue weighted by Gasteiger charge is 2.14. The second kappa shape index (κ2) is 5.05. The zero-order valence-electron chi connectivity index (χ0n) is 8.13. The minimum Gasteiger partial charge on any atom is -0.243 e. The highest BCUT2D eigenvalue weighted by molar-refractivity contribution is 5.34. The molecule has 18 heavy (non-hydrogen) atoms. The molecule has 1 aromatic heterocycles. The molecule has 1 aromatic rings. The first-order valence-electron chi connectivity index (χ1n) is 3.84. The van der Waals surface area contributed by atoms with Gasteiger partial charge in [-0.2, -0.15) is 0 Å². The molecule has 12 heteroatoms. The van der Waals surface area contributed by atoms with Gasteiger partial charge in [0, 0.05) is 0 Å². The molecule has 0 fully saturated rings. The molecule has 0 unspecified atom stereocenters. The molecular formula is C6N6O6. The average molecular weight is 252 g/mol. The van der Waals surface area contributed by atoms with E-state index < -0.39 is 17.1 Å². The van der Waals surface area contributed by atoms with E-state index in [4.69, 9.17) is 0 Å². The molecule has 0 amide bonds. The summed E-state index contributed by atoms with van der Waals surface area (Å²) in [7, 11) is 0. The number of carbonyl (C=O) groups excluding carboxylic acids is 3. The lowest BCUT2D eigenvalue weighted by molar-refractivity contribution is 0.504. The van der Waals surface area contributed by atoms with Gasteiger partial charge < -0.3 is 0 Å². The molecule has 0 aliphatic carbocycles. The molecule has 0 bridgehead atoms. The predicted molar refractivity (Wildman–Crippen MR) is 49.8 cm³/mol. The molecule has 1 heterocycles. The Morgan fingerprint density at radius 3 is 1.00 bits per heavy atom. The molecule has 0 aromatic carbocycles. The molecule has 0 spiro atoms. The molecule has 0 N–H and O–H groups in total. The maximum absolute atomic E-state index is 11.4. The van der Waals surface area contributed by atoms with Gasteiger partial charge in [0.2, 0.25) is 0 Å². The first kappa shape index (κ1) is 12.6. The Morgan fingerprint density at radius 2 is 0.833 bits per heavy atom. The molecule has 0 saturated heterocycles. The highest BCUT2D eigenvalue weighted by Crippen LogP contribution is 1.72. The SMILES string of the molecule is O=C=Nn1c(=O)n(N=C=O)c(=O)n(N=C=O)c1=O. The molecular weight excluding hydrogens is 252 g/mol. The Kier molecular flexibility index (Phi) is 3.54. The third-order valence-corrected chi connectivity index (χ3v) is 1.51. The van der Waals surface area contributed by atoms with Gasteiger partial charge in [-0.3, -0.25) is 0 Å². The van der Waals surface area contributed by atoms with E-state index in [9.17, 15) is 28.8 Å². The summed E-state index contributed by atoms with van der Waals surface area (Å²) in [6, 6.07) is 0. The minimum atomic E-state index is -1.53.